The summed E-state index contributed by atoms with van der Waals surface area (Å²) in [5.74, 6) is -16.4. The quantitative estimate of drug-likeness (QED) is 0.592. The van der Waals surface area contributed by atoms with Gasteiger partial charge in [0.1, 0.15) is 0 Å². The van der Waals surface area contributed by atoms with Gasteiger partial charge in [0, 0.05) is 13.1 Å². The van der Waals surface area contributed by atoms with Crippen LogP contribution < -0.4 is 11.1 Å². The smallest absolute Gasteiger partial charge is 0.350 e. The maximum Gasteiger partial charge on any atom is 0.458 e. The van der Waals surface area contributed by atoms with Crippen molar-refractivity contribution in [3.63, 3.8) is 0 Å². The molecule has 0 saturated heterocycles. The number of alkyl halides is 12. The minimum absolute atomic E-state index is 0.680. The van der Waals surface area contributed by atoms with Gasteiger partial charge in [0.05, 0.1) is 0 Å². The molecule has 0 rings (SSSR count). The zero-order valence-corrected chi connectivity index (χ0v) is 11.8. The Labute approximate surface area is 135 Å². The van der Waals surface area contributed by atoms with Crippen molar-refractivity contribution < 1.29 is 67.0 Å². The molecule has 2 unspecified atom stereocenters. The molecule has 156 valence electrons. The van der Waals surface area contributed by atoms with Crippen molar-refractivity contribution in [2.24, 2.45) is 5.73 Å². The van der Waals surface area contributed by atoms with Gasteiger partial charge in [-0.15, -0.1) is 0 Å². The molecule has 0 aromatic carbocycles. The van der Waals surface area contributed by atoms with Gasteiger partial charge in [-0.25, -0.2) is 0 Å². The van der Waals surface area contributed by atoms with Crippen molar-refractivity contribution in [2.75, 3.05) is 13.1 Å². The van der Waals surface area contributed by atoms with Crippen LogP contribution in [0.3, 0.4) is 0 Å². The standard InChI is InChI=1S/C9H8F12N2O3/c10-4(11)25-6(13,8(17,18)19)9(20,21)26-5(12,7(14,15)16)3(24)23-2-1-22/h4H,1-2,22H2,(H,23,24). The Hall–Kier alpha value is -1.49. The van der Waals surface area contributed by atoms with Gasteiger partial charge in [0.15, 0.2) is 0 Å². The summed E-state index contributed by atoms with van der Waals surface area (Å²) in [6.45, 7) is -6.62. The summed E-state index contributed by atoms with van der Waals surface area (Å²) in [7, 11) is 0. The SMILES string of the molecule is NCCNC(=O)C(F)(OC(F)(F)C(F)(OC(F)F)C(F)(F)F)C(F)(F)F. The first-order valence-corrected chi connectivity index (χ1v) is 5.89. The molecular weight excluding hydrogens is 412 g/mol. The lowest BCUT2D eigenvalue weighted by Gasteiger charge is -2.37. The first-order valence-electron chi connectivity index (χ1n) is 5.89. The van der Waals surface area contributed by atoms with Crippen molar-refractivity contribution in [1.29, 1.82) is 0 Å². The van der Waals surface area contributed by atoms with E-state index in [4.69, 9.17) is 5.73 Å². The van der Waals surface area contributed by atoms with Gasteiger partial charge in [-0.3, -0.25) is 14.3 Å². The molecule has 2 atom stereocenters. The van der Waals surface area contributed by atoms with Crippen LogP contribution in [-0.4, -0.2) is 55.8 Å². The summed E-state index contributed by atoms with van der Waals surface area (Å²) in [4.78, 5) is 11.0. The fourth-order valence-corrected chi connectivity index (χ4v) is 1.20. The number of ether oxygens (including phenoxy) is 2. The zero-order valence-electron chi connectivity index (χ0n) is 11.8. The monoisotopic (exact) mass is 420 g/mol. The number of hydrogen-bond acceptors (Lipinski definition) is 4. The maximum atomic E-state index is 13.7. The van der Waals surface area contributed by atoms with Crippen LogP contribution in [0.4, 0.5) is 52.7 Å². The number of nitrogens with two attached hydrogens (primary N) is 1. The molecule has 0 aliphatic carbocycles. The topological polar surface area (TPSA) is 73.6 Å². The van der Waals surface area contributed by atoms with E-state index in [1.807, 2.05) is 4.74 Å². The molecular formula is C9H8F12N2O3. The van der Waals surface area contributed by atoms with Crippen molar-refractivity contribution in [1.82, 2.24) is 5.32 Å². The molecule has 3 N–H and O–H groups in total. The maximum absolute atomic E-state index is 13.7. The van der Waals surface area contributed by atoms with E-state index >= 15 is 0 Å². The molecule has 0 heterocycles. The summed E-state index contributed by atoms with van der Waals surface area (Å²) < 4.78 is 156. The van der Waals surface area contributed by atoms with Gasteiger partial charge in [0.2, 0.25) is 0 Å². The van der Waals surface area contributed by atoms with Crippen molar-refractivity contribution in [2.45, 2.75) is 36.8 Å². The molecule has 0 aliphatic rings. The second-order valence-corrected chi connectivity index (χ2v) is 4.23. The minimum atomic E-state index is -7.13. The number of carbonyl (C=O) groups is 1. The summed E-state index contributed by atoms with van der Waals surface area (Å²) >= 11 is 0. The van der Waals surface area contributed by atoms with Crippen molar-refractivity contribution in [3.05, 3.63) is 0 Å². The number of halogens is 12. The summed E-state index contributed by atoms with van der Waals surface area (Å²) in [6, 6.07) is 0. The van der Waals surface area contributed by atoms with Crippen LogP contribution in [0.25, 0.3) is 0 Å². The predicted octanol–water partition coefficient (Wildman–Crippen LogP) is 2.37. The third-order valence-corrected chi connectivity index (χ3v) is 2.35. The molecule has 17 heteroatoms. The lowest BCUT2D eigenvalue weighted by atomic mass is 10.2. The van der Waals surface area contributed by atoms with Crippen LogP contribution in [-0.2, 0) is 14.3 Å². The fraction of sp³-hybridized carbons (Fsp3) is 0.889. The lowest BCUT2D eigenvalue weighted by molar-refractivity contribution is -0.510. The predicted molar refractivity (Wildman–Crippen MR) is 55.0 cm³/mol. The van der Waals surface area contributed by atoms with Gasteiger partial charge in [0.25, 0.3) is 5.91 Å². The summed E-state index contributed by atoms with van der Waals surface area (Å²) in [6.07, 6.45) is -21.0. The first kappa shape index (κ1) is 24.5. The minimum Gasteiger partial charge on any atom is -0.350 e. The van der Waals surface area contributed by atoms with E-state index in [0.29, 0.717) is 0 Å². The van der Waals surface area contributed by atoms with Crippen molar-refractivity contribution in [3.8, 4) is 0 Å². The highest BCUT2D eigenvalue weighted by Crippen LogP contribution is 2.51. The van der Waals surface area contributed by atoms with E-state index in [1.54, 1.807) is 0 Å². The Morgan fingerprint density at radius 3 is 1.69 bits per heavy atom. The average molecular weight is 420 g/mol. The Morgan fingerprint density at radius 2 is 1.38 bits per heavy atom. The largest absolute Gasteiger partial charge is 0.458 e. The molecule has 0 bridgehead atoms. The molecule has 5 nitrogen and oxygen atoms in total. The van der Waals surface area contributed by atoms with Gasteiger partial charge >= 0.3 is 36.8 Å². The van der Waals surface area contributed by atoms with Gasteiger partial charge < -0.3 is 11.1 Å². The highest BCUT2D eigenvalue weighted by molar-refractivity contribution is 5.84. The van der Waals surface area contributed by atoms with Gasteiger partial charge in [-0.2, -0.15) is 52.7 Å². The van der Waals surface area contributed by atoms with E-state index in [0.717, 1.165) is 5.32 Å². The second-order valence-electron chi connectivity index (χ2n) is 4.23. The van der Waals surface area contributed by atoms with E-state index in [1.165, 1.54) is 0 Å². The van der Waals surface area contributed by atoms with Crippen LogP contribution in [0.1, 0.15) is 0 Å². The van der Waals surface area contributed by atoms with Crippen LogP contribution in [0.2, 0.25) is 0 Å². The molecule has 0 aromatic heterocycles. The third kappa shape index (κ3) is 4.81. The summed E-state index contributed by atoms with van der Waals surface area (Å²) in [5.41, 5.74) is 4.72. The van der Waals surface area contributed by atoms with E-state index < -0.39 is 55.8 Å². The zero-order chi connectivity index (χ0) is 21.2. The fourth-order valence-electron chi connectivity index (χ4n) is 1.20. The molecule has 1 amide bonds. The molecule has 0 radical (unpaired) electrons. The van der Waals surface area contributed by atoms with Crippen molar-refractivity contribution >= 4 is 5.91 Å². The van der Waals surface area contributed by atoms with E-state index in [-0.39, 0.29) is 0 Å². The Balaban J connectivity index is 6.10. The normalized spacial score (nSPS) is 18.4. The first-order chi connectivity index (χ1) is 11.4. The number of carbonyl (C=O) groups excluding carboxylic acids is 1. The summed E-state index contributed by atoms with van der Waals surface area (Å²) in [5, 5.41) is 0.923. The Kier molecular flexibility index (Phi) is 7.19. The molecule has 0 fully saturated rings. The van der Waals surface area contributed by atoms with Crippen LogP contribution in [0, 0.1) is 0 Å². The third-order valence-electron chi connectivity index (χ3n) is 2.35. The molecule has 0 spiro atoms. The van der Waals surface area contributed by atoms with Crippen LogP contribution in [0.15, 0.2) is 0 Å². The van der Waals surface area contributed by atoms with Crippen LogP contribution in [0.5, 0.6) is 0 Å². The molecule has 0 saturated carbocycles. The highest BCUT2D eigenvalue weighted by atomic mass is 19.4. The highest BCUT2D eigenvalue weighted by Gasteiger charge is 2.80. The number of amides is 1. The second kappa shape index (κ2) is 7.63. The van der Waals surface area contributed by atoms with Crippen LogP contribution >= 0.6 is 0 Å². The molecule has 26 heavy (non-hydrogen) atoms. The van der Waals surface area contributed by atoms with E-state index in [9.17, 15) is 57.5 Å². The Morgan fingerprint density at radius 1 is 0.923 bits per heavy atom. The van der Waals surface area contributed by atoms with E-state index in [2.05, 4.69) is 4.74 Å². The average Bonchev–Trinajstić information content (AvgIpc) is 2.40. The molecule has 0 aliphatic heterocycles. The lowest BCUT2D eigenvalue weighted by Crippen LogP contribution is -2.66. The van der Waals surface area contributed by atoms with Gasteiger partial charge in [-0.05, 0) is 0 Å². The number of rotatable bonds is 8. The van der Waals surface area contributed by atoms with Gasteiger partial charge in [-0.1, -0.05) is 0 Å². The molecule has 0 aromatic rings. The number of hydrogen-bond donors (Lipinski definition) is 2. The number of nitrogens with one attached hydrogen (secondary N) is 1. The Bertz CT molecular complexity index is 495.